The number of hydrogen-bond donors (Lipinski definition) is 4. The van der Waals surface area contributed by atoms with Crippen LogP contribution in [-0.2, 0) is 10.0 Å². The van der Waals surface area contributed by atoms with Crippen molar-refractivity contribution in [3.05, 3.63) is 75.9 Å². The number of carbonyl (C=O) groups is 1. The van der Waals surface area contributed by atoms with Gasteiger partial charge in [0.05, 0.1) is 33.8 Å². The maximum atomic E-state index is 13.1. The summed E-state index contributed by atoms with van der Waals surface area (Å²) in [6.07, 6.45) is 0.260. The molecule has 1 saturated carbocycles. The summed E-state index contributed by atoms with van der Waals surface area (Å²) >= 11 is 7.83. The molecule has 0 radical (unpaired) electrons. The van der Waals surface area contributed by atoms with E-state index in [1.165, 1.54) is 23.5 Å². The Morgan fingerprint density at radius 2 is 2.00 bits per heavy atom. The quantitative estimate of drug-likeness (QED) is 0.190. The van der Waals surface area contributed by atoms with Gasteiger partial charge in [0.2, 0.25) is 10.0 Å². The van der Waals surface area contributed by atoms with Crippen molar-refractivity contribution in [2.45, 2.75) is 43.1 Å². The fourth-order valence-electron chi connectivity index (χ4n) is 4.33. The monoisotopic (exact) mass is 597 g/mol. The highest BCUT2D eigenvalue weighted by molar-refractivity contribution is 7.90. The van der Waals surface area contributed by atoms with Crippen molar-refractivity contribution in [2.24, 2.45) is 0 Å². The van der Waals surface area contributed by atoms with Gasteiger partial charge in [-0.15, -0.1) is 11.3 Å². The van der Waals surface area contributed by atoms with Gasteiger partial charge in [-0.3, -0.25) is 10.3 Å². The summed E-state index contributed by atoms with van der Waals surface area (Å²) in [5.74, 6) is -0.412. The van der Waals surface area contributed by atoms with Gasteiger partial charge in [-0.1, -0.05) is 36.7 Å². The minimum atomic E-state index is -3.70. The summed E-state index contributed by atoms with van der Waals surface area (Å²) in [6.45, 7) is 1.76. The molecule has 5 rings (SSSR count). The molecule has 0 saturated heterocycles. The number of carboxylic acid groups (broad SMARTS) is 1. The first-order valence-electron chi connectivity index (χ1n) is 12.3. The molecule has 206 valence electrons. The van der Waals surface area contributed by atoms with Crippen molar-refractivity contribution in [3.63, 3.8) is 0 Å². The van der Waals surface area contributed by atoms with Crippen LogP contribution in [0, 0.1) is 11.3 Å². The van der Waals surface area contributed by atoms with E-state index in [-0.39, 0.29) is 16.5 Å². The molecular weight excluding hydrogens is 574 g/mol. The second-order valence-electron chi connectivity index (χ2n) is 9.50. The number of aliphatic hydroxyl groups excluding tert-OH is 1. The van der Waals surface area contributed by atoms with Gasteiger partial charge in [-0.2, -0.15) is 5.26 Å². The Labute approximate surface area is 239 Å². The molecule has 10 nitrogen and oxygen atoms in total. The average molecular weight is 598 g/mol. The number of nitriles is 1. The lowest BCUT2D eigenvalue weighted by molar-refractivity contribution is 0.204. The van der Waals surface area contributed by atoms with Crippen LogP contribution in [0.4, 0.5) is 10.6 Å². The number of amides is 1. The summed E-state index contributed by atoms with van der Waals surface area (Å²) in [4.78, 5) is 20.7. The molecule has 1 aliphatic carbocycles. The molecule has 3 heterocycles. The zero-order chi connectivity index (χ0) is 28.6. The standard InChI is InChI=1S/C27H24ClN5O5S2/c1-14(21(34)13-29)15-9-10-30-20(11-15)18-4-2-3-16-12-22(39-26(16)18)25(33-40(37,38)17-5-6-17)24-19(28)7-8-23(31-24)32-27(35)36/h2-4,7-12,14,17,21,25,33-34H,5-6H2,1H3,(H,31,32)(H,35,36). The molecule has 0 bridgehead atoms. The summed E-state index contributed by atoms with van der Waals surface area (Å²) in [5.41, 5.74) is 2.34. The number of aliphatic hydroxyl groups is 1. The van der Waals surface area contributed by atoms with Crippen LogP contribution in [0.25, 0.3) is 21.3 Å². The van der Waals surface area contributed by atoms with Crippen molar-refractivity contribution in [1.82, 2.24) is 14.7 Å². The van der Waals surface area contributed by atoms with Crippen LogP contribution in [0.3, 0.4) is 0 Å². The van der Waals surface area contributed by atoms with Crippen molar-refractivity contribution in [2.75, 3.05) is 5.32 Å². The van der Waals surface area contributed by atoms with Gasteiger partial charge >= 0.3 is 6.09 Å². The number of thiophene rings is 1. The molecule has 4 aromatic rings. The first kappa shape index (κ1) is 27.9. The van der Waals surface area contributed by atoms with Crippen LogP contribution in [0.15, 0.2) is 54.7 Å². The molecule has 40 heavy (non-hydrogen) atoms. The van der Waals surface area contributed by atoms with Gasteiger partial charge in [0.15, 0.2) is 0 Å². The number of nitrogens with one attached hydrogen (secondary N) is 2. The van der Waals surface area contributed by atoms with E-state index < -0.39 is 39.4 Å². The Morgan fingerprint density at radius 3 is 2.70 bits per heavy atom. The van der Waals surface area contributed by atoms with Gasteiger partial charge < -0.3 is 10.2 Å². The first-order chi connectivity index (χ1) is 19.1. The molecule has 4 N–H and O–H groups in total. The highest BCUT2D eigenvalue weighted by Crippen LogP contribution is 2.41. The smallest absolute Gasteiger partial charge is 0.410 e. The van der Waals surface area contributed by atoms with Gasteiger partial charge in [0.25, 0.3) is 0 Å². The SMILES string of the molecule is CC(c1ccnc(-c2cccc3cc(C(NS(=O)(=O)C4CC4)c4nc(NC(=O)O)ccc4Cl)sc23)c1)C(O)C#N. The largest absolute Gasteiger partial charge is 0.465 e. The van der Waals surface area contributed by atoms with Gasteiger partial charge in [0.1, 0.15) is 11.9 Å². The van der Waals surface area contributed by atoms with E-state index in [1.807, 2.05) is 36.4 Å². The lowest BCUT2D eigenvalue weighted by Crippen LogP contribution is -2.32. The third kappa shape index (κ3) is 5.79. The van der Waals surface area contributed by atoms with E-state index in [0.717, 1.165) is 21.2 Å². The Kier molecular flexibility index (Phi) is 7.76. The second-order valence-corrected chi connectivity index (χ2v) is 13.0. The van der Waals surface area contributed by atoms with Crippen LogP contribution in [-0.4, -0.2) is 46.0 Å². The lowest BCUT2D eigenvalue weighted by Gasteiger charge is -2.19. The number of sulfonamides is 1. The average Bonchev–Trinajstić information content (AvgIpc) is 3.71. The van der Waals surface area contributed by atoms with E-state index in [1.54, 1.807) is 19.2 Å². The Hall–Kier alpha value is -3.60. The molecule has 1 fully saturated rings. The van der Waals surface area contributed by atoms with Crippen LogP contribution in [0.2, 0.25) is 5.02 Å². The number of anilines is 1. The van der Waals surface area contributed by atoms with Gasteiger partial charge in [0, 0.05) is 27.3 Å². The summed E-state index contributed by atoms with van der Waals surface area (Å²) in [5, 5.41) is 31.0. The molecule has 3 unspecified atom stereocenters. The van der Waals surface area contributed by atoms with Gasteiger partial charge in [-0.25, -0.2) is 22.9 Å². The van der Waals surface area contributed by atoms with Gasteiger partial charge in [-0.05, 0) is 54.1 Å². The zero-order valence-corrected chi connectivity index (χ0v) is 23.5. The highest BCUT2D eigenvalue weighted by atomic mass is 35.5. The van der Waals surface area contributed by atoms with Crippen molar-refractivity contribution >= 4 is 55.0 Å². The maximum absolute atomic E-state index is 13.1. The number of fused-ring (bicyclic) bond motifs is 1. The Balaban J connectivity index is 1.62. The number of hydrogen-bond acceptors (Lipinski definition) is 8. The minimum absolute atomic E-state index is 0.0130. The second kappa shape index (κ2) is 11.1. The number of benzene rings is 1. The number of nitrogens with zero attached hydrogens (tertiary/aromatic N) is 3. The molecule has 0 aliphatic heterocycles. The van der Waals surface area contributed by atoms with Crippen molar-refractivity contribution in [1.29, 1.82) is 5.26 Å². The zero-order valence-electron chi connectivity index (χ0n) is 21.1. The van der Waals surface area contributed by atoms with Crippen LogP contribution >= 0.6 is 22.9 Å². The Bertz CT molecular complexity index is 1750. The topological polar surface area (TPSA) is 165 Å². The Morgan fingerprint density at radius 1 is 1.23 bits per heavy atom. The predicted octanol–water partition coefficient (Wildman–Crippen LogP) is 5.26. The van der Waals surface area contributed by atoms with E-state index >= 15 is 0 Å². The molecule has 13 heteroatoms. The predicted molar refractivity (Wildman–Crippen MR) is 153 cm³/mol. The number of halogens is 1. The van der Waals surface area contributed by atoms with Crippen molar-refractivity contribution in [3.8, 4) is 17.3 Å². The number of rotatable bonds is 9. The molecule has 3 aromatic heterocycles. The fraction of sp³-hybridized carbons (Fsp3) is 0.259. The maximum Gasteiger partial charge on any atom is 0.410 e. The third-order valence-corrected chi connectivity index (χ3v) is 10.1. The third-order valence-electron chi connectivity index (χ3n) is 6.67. The lowest BCUT2D eigenvalue weighted by atomic mass is 9.95. The molecule has 1 amide bonds. The molecule has 1 aliphatic rings. The van der Waals surface area contributed by atoms with E-state index in [9.17, 15) is 18.3 Å². The van der Waals surface area contributed by atoms with Crippen LogP contribution in [0.1, 0.15) is 47.9 Å². The van der Waals surface area contributed by atoms with E-state index in [4.69, 9.17) is 22.0 Å². The summed E-state index contributed by atoms with van der Waals surface area (Å²) in [6, 6.07) is 14.9. The fourth-order valence-corrected chi connectivity index (χ4v) is 7.37. The molecule has 1 aromatic carbocycles. The number of pyridine rings is 2. The molecule has 0 spiro atoms. The minimum Gasteiger partial charge on any atom is -0.465 e. The van der Waals surface area contributed by atoms with E-state index in [0.29, 0.717) is 23.4 Å². The summed E-state index contributed by atoms with van der Waals surface area (Å²) < 4.78 is 29.7. The molecular formula is C27H24ClN5O5S2. The van der Waals surface area contributed by atoms with Crippen molar-refractivity contribution < 1.29 is 23.4 Å². The highest BCUT2D eigenvalue weighted by Gasteiger charge is 2.38. The van der Waals surface area contributed by atoms with E-state index in [2.05, 4.69) is 20.0 Å². The number of aromatic nitrogens is 2. The summed E-state index contributed by atoms with van der Waals surface area (Å²) in [7, 11) is -3.70. The van der Waals surface area contributed by atoms with Crippen LogP contribution < -0.4 is 10.0 Å². The normalized spacial score (nSPS) is 15.8. The first-order valence-corrected chi connectivity index (χ1v) is 15.1. The molecule has 3 atom stereocenters. The van der Waals surface area contributed by atoms with Crippen LogP contribution in [0.5, 0.6) is 0 Å².